The summed E-state index contributed by atoms with van der Waals surface area (Å²) in [6.45, 7) is 10.7. The van der Waals surface area contributed by atoms with Crippen LogP contribution >= 0.6 is 11.8 Å². The maximum atomic E-state index is 13.2. The summed E-state index contributed by atoms with van der Waals surface area (Å²) in [5.41, 5.74) is 2.11. The van der Waals surface area contributed by atoms with E-state index in [0.29, 0.717) is 16.2 Å². The second-order valence-electron chi connectivity index (χ2n) is 8.40. The summed E-state index contributed by atoms with van der Waals surface area (Å²) in [7, 11) is 0. The summed E-state index contributed by atoms with van der Waals surface area (Å²) in [4.78, 5) is 37.9. The highest BCUT2D eigenvalue weighted by Crippen LogP contribution is 2.41. The molecule has 1 fully saturated rings. The second kappa shape index (κ2) is 9.40. The monoisotopic (exact) mass is 438 g/mol. The van der Waals surface area contributed by atoms with Crippen molar-refractivity contribution in [2.75, 3.05) is 37.6 Å². The van der Waals surface area contributed by atoms with Crippen LogP contribution in [0.4, 0.5) is 5.69 Å². The fourth-order valence-corrected chi connectivity index (χ4v) is 5.20. The Bertz CT molecular complexity index is 970. The van der Waals surface area contributed by atoms with E-state index in [1.807, 2.05) is 43.0 Å². The van der Waals surface area contributed by atoms with Crippen molar-refractivity contribution >= 4 is 29.3 Å². The van der Waals surface area contributed by atoms with Gasteiger partial charge in [-0.25, -0.2) is 4.98 Å². The number of amides is 2. The van der Waals surface area contributed by atoms with Gasteiger partial charge >= 0.3 is 0 Å². The molecule has 2 amide bonds. The lowest BCUT2D eigenvalue weighted by molar-refractivity contribution is 0.0635. The van der Waals surface area contributed by atoms with Gasteiger partial charge in [0.15, 0.2) is 0 Å². The van der Waals surface area contributed by atoms with Gasteiger partial charge in [-0.1, -0.05) is 25.1 Å². The van der Waals surface area contributed by atoms with Gasteiger partial charge in [0, 0.05) is 48.9 Å². The molecule has 2 aromatic rings. The topological polar surface area (TPSA) is 56.8 Å². The fourth-order valence-electron chi connectivity index (χ4n) is 4.16. The van der Waals surface area contributed by atoms with Crippen LogP contribution in [-0.2, 0) is 0 Å². The van der Waals surface area contributed by atoms with E-state index in [1.54, 1.807) is 17.2 Å². The average Bonchev–Trinajstić information content (AvgIpc) is 2.90. The third-order valence-electron chi connectivity index (χ3n) is 5.90. The molecule has 1 aromatic carbocycles. The molecule has 1 aromatic heterocycles. The number of unbranched alkanes of at least 4 members (excludes halogenated alkanes) is 1. The number of rotatable bonds is 5. The molecule has 0 saturated carbocycles. The van der Waals surface area contributed by atoms with E-state index in [2.05, 4.69) is 16.8 Å². The van der Waals surface area contributed by atoms with Gasteiger partial charge in [0.2, 0.25) is 0 Å². The van der Waals surface area contributed by atoms with Crippen molar-refractivity contribution in [3.05, 3.63) is 47.7 Å². The molecule has 0 atom stereocenters. The molecule has 0 unspecified atom stereocenters. The van der Waals surface area contributed by atoms with E-state index >= 15 is 0 Å². The van der Waals surface area contributed by atoms with Crippen molar-refractivity contribution in [3.63, 3.8) is 0 Å². The number of carbonyl (C=O) groups is 2. The highest BCUT2D eigenvalue weighted by molar-refractivity contribution is 7.99. The van der Waals surface area contributed by atoms with Crippen molar-refractivity contribution in [2.24, 2.45) is 0 Å². The smallest absolute Gasteiger partial charge is 0.261 e. The van der Waals surface area contributed by atoms with Crippen molar-refractivity contribution in [1.29, 1.82) is 0 Å². The van der Waals surface area contributed by atoms with Crippen LogP contribution in [0.2, 0.25) is 0 Å². The van der Waals surface area contributed by atoms with Gasteiger partial charge in [-0.05, 0) is 57.1 Å². The van der Waals surface area contributed by atoms with Gasteiger partial charge in [-0.3, -0.25) is 14.5 Å². The first kappa shape index (κ1) is 21.8. The summed E-state index contributed by atoms with van der Waals surface area (Å²) in [6.07, 6.45) is 4.10. The Balaban J connectivity index is 1.59. The first-order valence-corrected chi connectivity index (χ1v) is 11.9. The normalized spacial score (nSPS) is 16.8. The summed E-state index contributed by atoms with van der Waals surface area (Å²) >= 11 is 1.46. The number of carbonyl (C=O) groups excluding carboxylic acids is 2. The zero-order valence-corrected chi connectivity index (χ0v) is 19.3. The van der Waals surface area contributed by atoms with Gasteiger partial charge in [0.1, 0.15) is 5.03 Å². The van der Waals surface area contributed by atoms with Crippen molar-refractivity contribution in [3.8, 4) is 0 Å². The molecular weight excluding hydrogens is 408 g/mol. The van der Waals surface area contributed by atoms with Gasteiger partial charge in [-0.2, -0.15) is 0 Å². The summed E-state index contributed by atoms with van der Waals surface area (Å²) in [5.74, 6) is 0.0121. The predicted molar refractivity (Wildman–Crippen MR) is 124 cm³/mol. The highest BCUT2D eigenvalue weighted by atomic mass is 32.2. The molecule has 0 aliphatic carbocycles. The van der Waals surface area contributed by atoms with Crippen LogP contribution in [0.3, 0.4) is 0 Å². The molecule has 0 N–H and O–H groups in total. The lowest BCUT2D eigenvalue weighted by atomic mass is 10.1. The number of aromatic nitrogens is 1. The zero-order chi connectivity index (χ0) is 22.0. The standard InChI is InChI=1S/C24H30N4O2S/c1-4-5-11-26-12-14-27(15-13-26)23(29)18-8-9-20-21(16-18)31-22-19(7-6-10-25-22)24(30)28(20)17(2)3/h6-10,16-17H,4-5,11-15H2,1-3H3. The van der Waals surface area contributed by atoms with Gasteiger partial charge in [0.05, 0.1) is 11.3 Å². The molecule has 6 nitrogen and oxygen atoms in total. The molecule has 3 heterocycles. The third kappa shape index (κ3) is 4.48. The summed E-state index contributed by atoms with van der Waals surface area (Å²) < 4.78 is 0. The molecule has 31 heavy (non-hydrogen) atoms. The van der Waals surface area contributed by atoms with Gasteiger partial charge < -0.3 is 9.80 Å². The Morgan fingerprint density at radius 3 is 2.65 bits per heavy atom. The van der Waals surface area contributed by atoms with Gasteiger partial charge in [0.25, 0.3) is 11.8 Å². The van der Waals surface area contributed by atoms with Crippen molar-refractivity contribution < 1.29 is 9.59 Å². The van der Waals surface area contributed by atoms with E-state index in [-0.39, 0.29) is 17.9 Å². The van der Waals surface area contributed by atoms with Crippen LogP contribution in [0.15, 0.2) is 46.5 Å². The van der Waals surface area contributed by atoms with Crippen LogP contribution in [0.1, 0.15) is 54.3 Å². The number of benzene rings is 1. The van der Waals surface area contributed by atoms with E-state index in [1.165, 1.54) is 24.6 Å². The minimum atomic E-state index is -0.0494. The SMILES string of the molecule is CCCCN1CCN(C(=O)c2ccc3c(c2)Sc2ncccc2C(=O)N3C(C)C)CC1. The van der Waals surface area contributed by atoms with E-state index in [9.17, 15) is 9.59 Å². The summed E-state index contributed by atoms with van der Waals surface area (Å²) in [6, 6.07) is 9.31. The molecule has 1 saturated heterocycles. The maximum absolute atomic E-state index is 13.2. The van der Waals surface area contributed by atoms with Crippen LogP contribution in [0, 0.1) is 0 Å². The first-order chi connectivity index (χ1) is 15.0. The lowest BCUT2D eigenvalue weighted by Gasteiger charge is -2.35. The Morgan fingerprint density at radius 1 is 1.16 bits per heavy atom. The number of hydrogen-bond acceptors (Lipinski definition) is 5. The van der Waals surface area contributed by atoms with Gasteiger partial charge in [-0.15, -0.1) is 0 Å². The molecule has 2 aliphatic rings. The molecule has 0 radical (unpaired) electrons. The highest BCUT2D eigenvalue weighted by Gasteiger charge is 2.31. The maximum Gasteiger partial charge on any atom is 0.261 e. The number of anilines is 1. The van der Waals surface area contributed by atoms with E-state index in [4.69, 9.17) is 0 Å². The Morgan fingerprint density at radius 2 is 1.94 bits per heavy atom. The van der Waals surface area contributed by atoms with E-state index < -0.39 is 0 Å². The Hall–Kier alpha value is -2.38. The Kier molecular flexibility index (Phi) is 6.62. The summed E-state index contributed by atoms with van der Waals surface area (Å²) in [5, 5.41) is 0.686. The number of fused-ring (bicyclic) bond motifs is 2. The quantitative estimate of drug-likeness (QED) is 0.702. The molecule has 0 bridgehead atoms. The zero-order valence-electron chi connectivity index (χ0n) is 18.5. The molecule has 0 spiro atoms. The largest absolute Gasteiger partial charge is 0.336 e. The number of pyridine rings is 1. The van der Waals surface area contributed by atoms with Crippen molar-refractivity contribution in [1.82, 2.24) is 14.8 Å². The minimum Gasteiger partial charge on any atom is -0.336 e. The Labute approximate surface area is 188 Å². The fraction of sp³-hybridized carbons (Fsp3) is 0.458. The number of piperazine rings is 1. The van der Waals surface area contributed by atoms with Crippen LogP contribution in [0.25, 0.3) is 0 Å². The molecule has 7 heteroatoms. The average molecular weight is 439 g/mol. The number of hydrogen-bond donors (Lipinski definition) is 0. The van der Waals surface area contributed by atoms with Crippen molar-refractivity contribution in [2.45, 2.75) is 49.6 Å². The minimum absolute atomic E-state index is 0.00393. The molecule has 4 rings (SSSR count). The number of nitrogens with zero attached hydrogens (tertiary/aromatic N) is 4. The second-order valence-corrected chi connectivity index (χ2v) is 9.43. The lowest BCUT2D eigenvalue weighted by Crippen LogP contribution is -2.48. The molecular formula is C24H30N4O2S. The molecule has 2 aliphatic heterocycles. The third-order valence-corrected chi connectivity index (χ3v) is 6.96. The molecule has 164 valence electrons. The van der Waals surface area contributed by atoms with Crippen LogP contribution in [0.5, 0.6) is 0 Å². The van der Waals surface area contributed by atoms with Crippen LogP contribution < -0.4 is 4.90 Å². The first-order valence-electron chi connectivity index (χ1n) is 11.1. The predicted octanol–water partition coefficient (Wildman–Crippen LogP) is 4.16. The van der Waals surface area contributed by atoms with E-state index in [0.717, 1.165) is 43.3 Å². The van der Waals surface area contributed by atoms with Crippen LogP contribution in [-0.4, -0.2) is 65.4 Å².